The average Bonchev–Trinajstić information content (AvgIpc) is 2.61. The molecule has 0 aliphatic rings. The number of aromatic nitrogens is 1. The number of methoxy groups -OCH3 is 1. The molecule has 0 atom stereocenters. The molecule has 1 heterocycles. The molecule has 4 heteroatoms. The summed E-state index contributed by atoms with van der Waals surface area (Å²) in [5.41, 5.74) is 4.49. The van der Waals surface area contributed by atoms with Gasteiger partial charge in [-0.15, -0.1) is 11.3 Å². The Balaban J connectivity index is 2.66. The van der Waals surface area contributed by atoms with E-state index >= 15 is 0 Å². The molecule has 0 radical (unpaired) electrons. The summed E-state index contributed by atoms with van der Waals surface area (Å²) in [6, 6.07) is 4.19. The summed E-state index contributed by atoms with van der Waals surface area (Å²) in [7, 11) is 1.70. The van der Waals surface area contributed by atoms with Crippen LogP contribution in [-0.4, -0.2) is 12.1 Å². The normalized spacial score (nSPS) is 10.6. The van der Waals surface area contributed by atoms with E-state index in [0.29, 0.717) is 0 Å². The van der Waals surface area contributed by atoms with Crippen LogP contribution in [0.5, 0.6) is 5.75 Å². The van der Waals surface area contributed by atoms with Gasteiger partial charge in [0.15, 0.2) is 0 Å². The maximum atomic E-state index is 5.44. The van der Waals surface area contributed by atoms with E-state index in [2.05, 4.69) is 46.9 Å². The first-order valence-corrected chi connectivity index (χ1v) is 6.92. The molecule has 0 saturated heterocycles. The lowest BCUT2D eigenvalue weighted by Gasteiger charge is -2.10. The number of ether oxygens (including phenoxy) is 1. The molecule has 1 aromatic heterocycles. The maximum absolute atomic E-state index is 5.44. The summed E-state index contributed by atoms with van der Waals surface area (Å²) in [5.74, 6) is 0.874. The van der Waals surface area contributed by atoms with Crippen molar-refractivity contribution in [3.05, 3.63) is 32.1 Å². The van der Waals surface area contributed by atoms with E-state index in [0.717, 1.165) is 25.8 Å². The van der Waals surface area contributed by atoms with Crippen LogP contribution in [0.2, 0.25) is 0 Å². The molecule has 0 aliphatic heterocycles. The molecule has 2 rings (SSSR count). The monoisotopic (exact) mass is 311 g/mol. The Bertz CT molecular complexity index is 563. The first kappa shape index (κ1) is 12.6. The Morgan fingerprint density at radius 1 is 1.18 bits per heavy atom. The highest BCUT2D eigenvalue weighted by Crippen LogP contribution is 2.38. The minimum atomic E-state index is 0.874. The quantitative estimate of drug-likeness (QED) is 0.814. The average molecular weight is 312 g/mol. The van der Waals surface area contributed by atoms with Crippen molar-refractivity contribution in [1.82, 2.24) is 4.98 Å². The lowest BCUT2D eigenvalue weighted by atomic mass is 10.0. The second kappa shape index (κ2) is 4.78. The predicted octanol–water partition coefficient (Wildman–Crippen LogP) is 4.51. The van der Waals surface area contributed by atoms with Crippen molar-refractivity contribution >= 4 is 27.3 Å². The largest absolute Gasteiger partial charge is 0.496 e. The van der Waals surface area contributed by atoms with E-state index in [4.69, 9.17) is 4.74 Å². The first-order chi connectivity index (χ1) is 8.02. The van der Waals surface area contributed by atoms with E-state index in [9.17, 15) is 0 Å². The third-order valence-electron chi connectivity index (χ3n) is 2.76. The number of nitrogens with zero attached hydrogens (tertiary/aromatic N) is 1. The Kier molecular flexibility index (Phi) is 3.54. The molecular formula is C13H14BrNOS. The van der Waals surface area contributed by atoms with Gasteiger partial charge in [0.1, 0.15) is 5.75 Å². The number of thiazole rings is 1. The molecule has 0 N–H and O–H groups in total. The SMILES string of the molecule is COc1cc(C)c(C)cc1-c1nc(C)sc1Br. The molecule has 0 spiro atoms. The van der Waals surface area contributed by atoms with Gasteiger partial charge in [0.2, 0.25) is 0 Å². The predicted molar refractivity (Wildman–Crippen MR) is 76.0 cm³/mol. The number of rotatable bonds is 2. The van der Waals surface area contributed by atoms with Gasteiger partial charge in [-0.05, 0) is 60.0 Å². The molecule has 2 aromatic rings. The van der Waals surface area contributed by atoms with E-state index < -0.39 is 0 Å². The van der Waals surface area contributed by atoms with Crippen molar-refractivity contribution in [3.8, 4) is 17.0 Å². The highest BCUT2D eigenvalue weighted by atomic mass is 79.9. The lowest BCUT2D eigenvalue weighted by molar-refractivity contribution is 0.416. The van der Waals surface area contributed by atoms with Crippen LogP contribution in [0.3, 0.4) is 0 Å². The molecule has 0 fully saturated rings. The van der Waals surface area contributed by atoms with Gasteiger partial charge in [0.25, 0.3) is 0 Å². The lowest BCUT2D eigenvalue weighted by Crippen LogP contribution is -1.92. The summed E-state index contributed by atoms with van der Waals surface area (Å²) in [5, 5.41) is 1.05. The van der Waals surface area contributed by atoms with Crippen LogP contribution in [0.25, 0.3) is 11.3 Å². The fourth-order valence-corrected chi connectivity index (χ4v) is 3.37. The number of benzene rings is 1. The van der Waals surface area contributed by atoms with Crippen LogP contribution >= 0.6 is 27.3 Å². The summed E-state index contributed by atoms with van der Waals surface area (Å²) >= 11 is 5.20. The van der Waals surface area contributed by atoms with E-state index in [1.165, 1.54) is 11.1 Å². The van der Waals surface area contributed by atoms with Crippen molar-refractivity contribution in [1.29, 1.82) is 0 Å². The summed E-state index contributed by atoms with van der Waals surface area (Å²) in [4.78, 5) is 4.55. The molecular weight excluding hydrogens is 298 g/mol. The topological polar surface area (TPSA) is 22.1 Å². The Hall–Kier alpha value is -0.870. The smallest absolute Gasteiger partial charge is 0.128 e. The third kappa shape index (κ3) is 2.38. The zero-order chi connectivity index (χ0) is 12.6. The number of aryl methyl sites for hydroxylation is 3. The van der Waals surface area contributed by atoms with Crippen molar-refractivity contribution in [2.24, 2.45) is 0 Å². The van der Waals surface area contributed by atoms with E-state index in [1.807, 2.05) is 6.92 Å². The Labute approximate surface area is 114 Å². The minimum absolute atomic E-state index is 0.874. The Morgan fingerprint density at radius 3 is 2.35 bits per heavy atom. The van der Waals surface area contributed by atoms with Crippen LogP contribution in [-0.2, 0) is 0 Å². The fourth-order valence-electron chi connectivity index (χ4n) is 1.71. The molecule has 2 nitrogen and oxygen atoms in total. The maximum Gasteiger partial charge on any atom is 0.128 e. The Morgan fingerprint density at radius 2 is 1.82 bits per heavy atom. The highest BCUT2D eigenvalue weighted by molar-refractivity contribution is 9.11. The summed E-state index contributed by atoms with van der Waals surface area (Å²) < 4.78 is 6.50. The van der Waals surface area contributed by atoms with Gasteiger partial charge in [-0.25, -0.2) is 4.98 Å². The van der Waals surface area contributed by atoms with E-state index in [-0.39, 0.29) is 0 Å². The van der Waals surface area contributed by atoms with Crippen molar-refractivity contribution < 1.29 is 4.74 Å². The van der Waals surface area contributed by atoms with Crippen molar-refractivity contribution in [2.75, 3.05) is 7.11 Å². The molecule has 0 bridgehead atoms. The van der Waals surface area contributed by atoms with Gasteiger partial charge in [0.05, 0.1) is 21.6 Å². The fraction of sp³-hybridized carbons (Fsp3) is 0.308. The molecule has 0 unspecified atom stereocenters. The molecule has 0 aliphatic carbocycles. The zero-order valence-electron chi connectivity index (χ0n) is 10.3. The molecule has 1 aromatic carbocycles. The van der Waals surface area contributed by atoms with Gasteiger partial charge in [-0.2, -0.15) is 0 Å². The molecule has 17 heavy (non-hydrogen) atoms. The standard InChI is InChI=1S/C13H14BrNOS/c1-7-5-10(11(16-4)6-8(7)2)12-13(14)17-9(3)15-12/h5-6H,1-4H3. The highest BCUT2D eigenvalue weighted by Gasteiger charge is 2.14. The van der Waals surface area contributed by atoms with Gasteiger partial charge >= 0.3 is 0 Å². The molecule has 0 saturated carbocycles. The summed E-state index contributed by atoms with van der Waals surface area (Å²) in [6.07, 6.45) is 0. The van der Waals surface area contributed by atoms with E-state index in [1.54, 1.807) is 18.4 Å². The minimum Gasteiger partial charge on any atom is -0.496 e. The number of hydrogen-bond acceptors (Lipinski definition) is 3. The van der Waals surface area contributed by atoms with Crippen molar-refractivity contribution in [2.45, 2.75) is 20.8 Å². The third-order valence-corrected chi connectivity index (χ3v) is 4.38. The van der Waals surface area contributed by atoms with Crippen LogP contribution in [0.4, 0.5) is 0 Å². The van der Waals surface area contributed by atoms with Crippen molar-refractivity contribution in [3.63, 3.8) is 0 Å². The second-order valence-corrected chi connectivity index (χ2v) is 6.51. The second-order valence-electron chi connectivity index (χ2n) is 3.99. The number of halogens is 1. The van der Waals surface area contributed by atoms with Gasteiger partial charge in [0, 0.05) is 5.56 Å². The molecule has 90 valence electrons. The van der Waals surface area contributed by atoms with Crippen LogP contribution in [0.15, 0.2) is 15.9 Å². The van der Waals surface area contributed by atoms with Gasteiger partial charge in [-0.3, -0.25) is 0 Å². The first-order valence-electron chi connectivity index (χ1n) is 5.31. The van der Waals surface area contributed by atoms with Gasteiger partial charge in [-0.1, -0.05) is 0 Å². The summed E-state index contributed by atoms with van der Waals surface area (Å²) in [6.45, 7) is 6.20. The number of hydrogen-bond donors (Lipinski definition) is 0. The van der Waals surface area contributed by atoms with Crippen LogP contribution in [0.1, 0.15) is 16.1 Å². The van der Waals surface area contributed by atoms with Gasteiger partial charge < -0.3 is 4.74 Å². The van der Waals surface area contributed by atoms with Crippen LogP contribution < -0.4 is 4.74 Å². The zero-order valence-corrected chi connectivity index (χ0v) is 12.7. The van der Waals surface area contributed by atoms with Crippen LogP contribution in [0, 0.1) is 20.8 Å². The molecule has 0 amide bonds.